The first kappa shape index (κ1) is 20.4. The standard InChI is InChI=1S/C19H22N2O5S/c1-6-26-19(24)14-11(2)15(18(23)21(3)4)27-17(14)20-16(22)12-8-7-9-13(10-12)25-5/h7-10H,6H2,1-5H3,(H,20,22). The molecule has 0 saturated heterocycles. The van der Waals surface area contributed by atoms with E-state index in [-0.39, 0.29) is 23.1 Å². The number of hydrogen-bond acceptors (Lipinski definition) is 6. The Hall–Kier alpha value is -2.87. The van der Waals surface area contributed by atoms with Gasteiger partial charge in [0.25, 0.3) is 11.8 Å². The predicted molar refractivity (Wildman–Crippen MR) is 104 cm³/mol. The molecule has 2 amide bonds. The molecule has 1 aromatic carbocycles. The normalized spacial score (nSPS) is 10.3. The molecule has 0 aliphatic carbocycles. The Morgan fingerprint density at radius 1 is 1.22 bits per heavy atom. The van der Waals surface area contributed by atoms with Gasteiger partial charge in [0.15, 0.2) is 0 Å². The number of nitrogens with one attached hydrogen (secondary N) is 1. The number of hydrogen-bond donors (Lipinski definition) is 1. The van der Waals surface area contributed by atoms with Gasteiger partial charge in [-0.05, 0) is 37.6 Å². The van der Waals surface area contributed by atoms with Crippen molar-refractivity contribution >= 4 is 34.1 Å². The number of carbonyl (C=O) groups is 3. The first-order valence-corrected chi connectivity index (χ1v) is 9.09. The number of anilines is 1. The molecule has 1 aromatic heterocycles. The molecule has 0 unspecified atom stereocenters. The molecule has 2 aromatic rings. The van der Waals surface area contributed by atoms with Crippen LogP contribution in [0.5, 0.6) is 5.75 Å². The summed E-state index contributed by atoms with van der Waals surface area (Å²) < 4.78 is 10.2. The largest absolute Gasteiger partial charge is 0.497 e. The maximum atomic E-state index is 12.6. The molecule has 0 atom stereocenters. The number of rotatable bonds is 6. The number of nitrogens with zero attached hydrogens (tertiary/aromatic N) is 1. The molecule has 0 spiro atoms. The molecule has 27 heavy (non-hydrogen) atoms. The monoisotopic (exact) mass is 390 g/mol. The van der Waals surface area contributed by atoms with Crippen LogP contribution in [0.3, 0.4) is 0 Å². The minimum Gasteiger partial charge on any atom is -0.497 e. The fourth-order valence-electron chi connectivity index (χ4n) is 2.40. The summed E-state index contributed by atoms with van der Waals surface area (Å²) in [6.07, 6.45) is 0. The van der Waals surface area contributed by atoms with Crippen LogP contribution >= 0.6 is 11.3 Å². The maximum Gasteiger partial charge on any atom is 0.341 e. The van der Waals surface area contributed by atoms with Crippen LogP contribution in [-0.2, 0) is 4.74 Å². The molecule has 8 heteroatoms. The van der Waals surface area contributed by atoms with Crippen molar-refractivity contribution in [1.29, 1.82) is 0 Å². The molecular formula is C19H22N2O5S. The third-order valence-electron chi connectivity index (χ3n) is 3.79. The van der Waals surface area contributed by atoms with Gasteiger partial charge in [-0.15, -0.1) is 11.3 Å². The number of amides is 2. The molecule has 0 fully saturated rings. The highest BCUT2D eigenvalue weighted by Gasteiger charge is 2.27. The van der Waals surface area contributed by atoms with Gasteiger partial charge in [-0.1, -0.05) is 6.07 Å². The van der Waals surface area contributed by atoms with E-state index in [9.17, 15) is 14.4 Å². The summed E-state index contributed by atoms with van der Waals surface area (Å²) >= 11 is 1.05. The van der Waals surface area contributed by atoms with Crippen LogP contribution in [0.1, 0.15) is 42.9 Å². The van der Waals surface area contributed by atoms with Gasteiger partial charge < -0.3 is 19.7 Å². The molecule has 0 bridgehead atoms. The van der Waals surface area contributed by atoms with Crippen molar-refractivity contribution in [1.82, 2.24) is 4.90 Å². The first-order valence-electron chi connectivity index (χ1n) is 8.27. The summed E-state index contributed by atoms with van der Waals surface area (Å²) in [6, 6.07) is 6.64. The number of methoxy groups -OCH3 is 1. The molecule has 2 rings (SSSR count). The molecule has 0 aliphatic heterocycles. The first-order chi connectivity index (χ1) is 12.8. The van der Waals surface area contributed by atoms with E-state index in [4.69, 9.17) is 9.47 Å². The zero-order chi connectivity index (χ0) is 20.1. The highest BCUT2D eigenvalue weighted by Crippen LogP contribution is 2.34. The van der Waals surface area contributed by atoms with E-state index in [1.807, 2.05) is 0 Å². The lowest BCUT2D eigenvalue weighted by atomic mass is 10.1. The number of ether oxygens (including phenoxy) is 2. The van der Waals surface area contributed by atoms with Crippen molar-refractivity contribution in [2.45, 2.75) is 13.8 Å². The third-order valence-corrected chi connectivity index (χ3v) is 4.98. The van der Waals surface area contributed by atoms with Crippen LogP contribution in [0.4, 0.5) is 5.00 Å². The number of carbonyl (C=O) groups excluding carboxylic acids is 3. The van der Waals surface area contributed by atoms with Gasteiger partial charge in [0.1, 0.15) is 10.8 Å². The van der Waals surface area contributed by atoms with Crippen LogP contribution < -0.4 is 10.1 Å². The van der Waals surface area contributed by atoms with Crippen molar-refractivity contribution in [2.24, 2.45) is 0 Å². The van der Waals surface area contributed by atoms with Crippen molar-refractivity contribution in [3.63, 3.8) is 0 Å². The summed E-state index contributed by atoms with van der Waals surface area (Å²) in [5.74, 6) is -0.696. The van der Waals surface area contributed by atoms with Gasteiger partial charge in [-0.25, -0.2) is 4.79 Å². The molecular weight excluding hydrogens is 368 g/mol. The minimum absolute atomic E-state index is 0.189. The van der Waals surface area contributed by atoms with Gasteiger partial charge in [-0.3, -0.25) is 9.59 Å². The number of thiophene rings is 1. The van der Waals surface area contributed by atoms with Gasteiger partial charge in [0.05, 0.1) is 24.2 Å². The second-order valence-corrected chi connectivity index (χ2v) is 6.89. The Kier molecular flexibility index (Phi) is 6.57. The van der Waals surface area contributed by atoms with Crippen LogP contribution in [0.25, 0.3) is 0 Å². The Labute approximate surface area is 161 Å². The molecule has 0 saturated carbocycles. The van der Waals surface area contributed by atoms with E-state index in [1.165, 1.54) is 12.0 Å². The minimum atomic E-state index is -0.579. The van der Waals surface area contributed by atoms with Gasteiger partial charge in [0.2, 0.25) is 0 Å². The van der Waals surface area contributed by atoms with E-state index >= 15 is 0 Å². The molecule has 1 N–H and O–H groups in total. The smallest absolute Gasteiger partial charge is 0.341 e. The van der Waals surface area contributed by atoms with Crippen LogP contribution in [-0.4, -0.2) is 50.5 Å². The summed E-state index contributed by atoms with van der Waals surface area (Å²) in [7, 11) is 4.76. The molecule has 144 valence electrons. The Morgan fingerprint density at radius 3 is 2.52 bits per heavy atom. The second-order valence-electron chi connectivity index (χ2n) is 5.87. The summed E-state index contributed by atoms with van der Waals surface area (Å²) in [5, 5.41) is 3.01. The lowest BCUT2D eigenvalue weighted by Crippen LogP contribution is -2.21. The van der Waals surface area contributed by atoms with E-state index in [1.54, 1.807) is 52.2 Å². The van der Waals surface area contributed by atoms with Crippen molar-refractivity contribution in [3.8, 4) is 5.75 Å². The maximum absolute atomic E-state index is 12.6. The van der Waals surface area contributed by atoms with Gasteiger partial charge in [0, 0.05) is 19.7 Å². The Bertz CT molecular complexity index is 873. The van der Waals surface area contributed by atoms with E-state index < -0.39 is 11.9 Å². The average molecular weight is 390 g/mol. The van der Waals surface area contributed by atoms with Gasteiger partial charge in [-0.2, -0.15) is 0 Å². The topological polar surface area (TPSA) is 84.9 Å². The van der Waals surface area contributed by atoms with Crippen molar-refractivity contribution < 1.29 is 23.9 Å². The fraction of sp³-hybridized carbons (Fsp3) is 0.316. The molecule has 7 nitrogen and oxygen atoms in total. The van der Waals surface area contributed by atoms with E-state index in [0.717, 1.165) is 11.3 Å². The second kappa shape index (κ2) is 8.68. The number of benzene rings is 1. The van der Waals surface area contributed by atoms with Crippen LogP contribution in [0.2, 0.25) is 0 Å². The molecule has 1 heterocycles. The van der Waals surface area contributed by atoms with Crippen LogP contribution in [0.15, 0.2) is 24.3 Å². The summed E-state index contributed by atoms with van der Waals surface area (Å²) in [4.78, 5) is 39.2. The Balaban J connectivity index is 2.44. The lowest BCUT2D eigenvalue weighted by molar-refractivity contribution is 0.0527. The van der Waals surface area contributed by atoms with Crippen molar-refractivity contribution in [3.05, 3.63) is 45.8 Å². The Morgan fingerprint density at radius 2 is 1.93 bits per heavy atom. The quantitative estimate of drug-likeness (QED) is 0.766. The highest BCUT2D eigenvalue weighted by atomic mass is 32.1. The predicted octanol–water partition coefficient (Wildman–Crippen LogP) is 3.20. The highest BCUT2D eigenvalue weighted by molar-refractivity contribution is 7.18. The van der Waals surface area contributed by atoms with Gasteiger partial charge >= 0.3 is 5.97 Å². The third kappa shape index (κ3) is 4.46. The molecule has 0 radical (unpaired) electrons. The van der Waals surface area contributed by atoms with E-state index in [2.05, 4.69) is 5.32 Å². The van der Waals surface area contributed by atoms with Crippen molar-refractivity contribution in [2.75, 3.05) is 33.1 Å². The summed E-state index contributed by atoms with van der Waals surface area (Å²) in [6.45, 7) is 3.55. The fourth-order valence-corrected chi connectivity index (χ4v) is 3.61. The SMILES string of the molecule is CCOC(=O)c1c(NC(=O)c2cccc(OC)c2)sc(C(=O)N(C)C)c1C. The van der Waals surface area contributed by atoms with Crippen LogP contribution in [0, 0.1) is 6.92 Å². The molecule has 0 aliphatic rings. The average Bonchev–Trinajstić information content (AvgIpc) is 2.97. The summed E-state index contributed by atoms with van der Waals surface area (Å²) in [5.41, 5.74) is 1.05. The number of esters is 1. The zero-order valence-corrected chi connectivity index (χ0v) is 16.7. The zero-order valence-electron chi connectivity index (χ0n) is 15.9. The van der Waals surface area contributed by atoms with E-state index in [0.29, 0.717) is 21.8 Å². The lowest BCUT2D eigenvalue weighted by Gasteiger charge is -2.09.